The van der Waals surface area contributed by atoms with Crippen molar-refractivity contribution < 1.29 is 14.4 Å². The van der Waals surface area contributed by atoms with Crippen LogP contribution in [0.4, 0.5) is 5.69 Å². The van der Waals surface area contributed by atoms with Crippen molar-refractivity contribution in [1.29, 1.82) is 0 Å². The summed E-state index contributed by atoms with van der Waals surface area (Å²) in [5.41, 5.74) is 2.72. The van der Waals surface area contributed by atoms with Gasteiger partial charge in [0.05, 0.1) is 6.42 Å². The van der Waals surface area contributed by atoms with Crippen LogP contribution in [0, 0.1) is 6.92 Å². The van der Waals surface area contributed by atoms with Crippen molar-refractivity contribution in [1.82, 2.24) is 4.90 Å². The van der Waals surface area contributed by atoms with Crippen LogP contribution in [0.2, 0.25) is 0 Å². The Hall–Kier alpha value is -2.47. The molecule has 6 heteroatoms. The van der Waals surface area contributed by atoms with Crippen LogP contribution in [-0.2, 0) is 16.0 Å². The molecular weight excluding hydrogens is 372 g/mol. The molecule has 3 amide bonds. The maximum atomic E-state index is 12.4. The predicted octanol–water partition coefficient (Wildman–Crippen LogP) is 2.92. The zero-order valence-corrected chi connectivity index (χ0v) is 14.6. The van der Waals surface area contributed by atoms with E-state index >= 15 is 0 Å². The van der Waals surface area contributed by atoms with Gasteiger partial charge in [0.25, 0.3) is 5.91 Å². The second-order valence-corrected chi connectivity index (χ2v) is 6.54. The van der Waals surface area contributed by atoms with Gasteiger partial charge >= 0.3 is 0 Å². The number of hydrogen-bond donors (Lipinski definition) is 1. The van der Waals surface area contributed by atoms with E-state index in [1.807, 2.05) is 19.1 Å². The van der Waals surface area contributed by atoms with E-state index in [0.717, 1.165) is 14.9 Å². The van der Waals surface area contributed by atoms with E-state index in [1.54, 1.807) is 30.3 Å². The van der Waals surface area contributed by atoms with E-state index in [2.05, 4.69) is 21.2 Å². The van der Waals surface area contributed by atoms with Gasteiger partial charge in [0.2, 0.25) is 11.8 Å². The summed E-state index contributed by atoms with van der Waals surface area (Å²) in [6, 6.07) is 12.4. The van der Waals surface area contributed by atoms with E-state index in [4.69, 9.17) is 0 Å². The van der Waals surface area contributed by atoms with Gasteiger partial charge in [0.15, 0.2) is 0 Å². The van der Waals surface area contributed by atoms with Gasteiger partial charge in [-0.15, -0.1) is 0 Å². The van der Waals surface area contributed by atoms with Gasteiger partial charge in [0.1, 0.15) is 6.54 Å². The molecular formula is C18H15BrN2O3. The van der Waals surface area contributed by atoms with Crippen molar-refractivity contribution >= 4 is 39.3 Å². The summed E-state index contributed by atoms with van der Waals surface area (Å²) in [6.07, 6.45) is 0.131. The minimum absolute atomic E-state index is 0.131. The van der Waals surface area contributed by atoms with Crippen molar-refractivity contribution in [3.63, 3.8) is 0 Å². The number of benzene rings is 2. The number of imide groups is 1. The van der Waals surface area contributed by atoms with E-state index in [9.17, 15) is 14.4 Å². The fourth-order valence-corrected chi connectivity index (χ4v) is 3.14. The summed E-state index contributed by atoms with van der Waals surface area (Å²) in [5, 5.41) is 2.74. The molecule has 0 aliphatic carbocycles. The van der Waals surface area contributed by atoms with Gasteiger partial charge in [-0.1, -0.05) is 34.1 Å². The number of nitrogens with zero attached hydrogens (tertiary/aromatic N) is 1. The highest BCUT2D eigenvalue weighted by Crippen LogP contribution is 2.21. The lowest BCUT2D eigenvalue weighted by atomic mass is 9.98. The second-order valence-electron chi connectivity index (χ2n) is 5.63. The Bertz CT molecular complexity index is 848. The van der Waals surface area contributed by atoms with Crippen molar-refractivity contribution in [3.8, 4) is 0 Å². The summed E-state index contributed by atoms with van der Waals surface area (Å²) < 4.78 is 0.913. The molecule has 0 saturated carbocycles. The van der Waals surface area contributed by atoms with Gasteiger partial charge in [-0.2, -0.15) is 0 Å². The van der Waals surface area contributed by atoms with E-state index < -0.39 is 11.8 Å². The molecule has 3 rings (SSSR count). The minimum Gasteiger partial charge on any atom is -0.324 e. The maximum Gasteiger partial charge on any atom is 0.261 e. The minimum atomic E-state index is -0.426. The first-order chi connectivity index (χ1) is 11.5. The number of aryl methyl sites for hydroxylation is 1. The Morgan fingerprint density at radius 1 is 1.21 bits per heavy atom. The average Bonchev–Trinajstić information content (AvgIpc) is 2.54. The number of rotatable bonds is 3. The van der Waals surface area contributed by atoms with Crippen LogP contribution in [-0.4, -0.2) is 29.2 Å². The molecule has 0 atom stereocenters. The van der Waals surface area contributed by atoms with E-state index in [-0.39, 0.29) is 18.9 Å². The maximum absolute atomic E-state index is 12.4. The number of carbonyl (C=O) groups excluding carboxylic acids is 3. The molecule has 24 heavy (non-hydrogen) atoms. The molecule has 0 aromatic heterocycles. The molecule has 122 valence electrons. The summed E-state index contributed by atoms with van der Waals surface area (Å²) in [7, 11) is 0. The molecule has 1 aliphatic heterocycles. The highest BCUT2D eigenvalue weighted by Gasteiger charge is 2.31. The molecule has 1 heterocycles. The van der Waals surface area contributed by atoms with Crippen LogP contribution in [0.3, 0.4) is 0 Å². The highest BCUT2D eigenvalue weighted by atomic mass is 79.9. The second kappa shape index (κ2) is 6.57. The predicted molar refractivity (Wildman–Crippen MR) is 93.7 cm³/mol. The lowest BCUT2D eigenvalue weighted by Gasteiger charge is -2.26. The summed E-state index contributed by atoms with van der Waals surface area (Å²) in [5.74, 6) is -1.19. The first-order valence-corrected chi connectivity index (χ1v) is 8.23. The van der Waals surface area contributed by atoms with Crippen LogP contribution < -0.4 is 5.32 Å². The number of halogens is 1. The summed E-state index contributed by atoms with van der Waals surface area (Å²) >= 11 is 3.36. The van der Waals surface area contributed by atoms with Crippen molar-refractivity contribution in [2.45, 2.75) is 13.3 Å². The van der Waals surface area contributed by atoms with Gasteiger partial charge < -0.3 is 5.32 Å². The smallest absolute Gasteiger partial charge is 0.261 e. The standard InChI is InChI=1S/C18H15BrN2O3/c1-11-8-13(19)6-7-15(11)20-16(22)10-21-17(23)9-12-4-2-3-5-14(12)18(21)24/h2-8H,9-10H2,1H3,(H,20,22). The van der Waals surface area contributed by atoms with Crippen LogP contribution in [0.5, 0.6) is 0 Å². The Balaban J connectivity index is 1.75. The molecule has 1 N–H and O–H groups in total. The molecule has 0 saturated heterocycles. The highest BCUT2D eigenvalue weighted by molar-refractivity contribution is 9.10. The third-order valence-electron chi connectivity index (χ3n) is 3.90. The number of nitrogens with one attached hydrogen (secondary N) is 1. The number of anilines is 1. The van der Waals surface area contributed by atoms with Gasteiger partial charge in [-0.05, 0) is 42.3 Å². The quantitative estimate of drug-likeness (QED) is 0.824. The van der Waals surface area contributed by atoms with Crippen LogP contribution in [0.1, 0.15) is 21.5 Å². The number of fused-ring (bicyclic) bond motifs is 1. The third-order valence-corrected chi connectivity index (χ3v) is 4.39. The fraction of sp³-hybridized carbons (Fsp3) is 0.167. The van der Waals surface area contributed by atoms with Crippen LogP contribution in [0.25, 0.3) is 0 Å². The first-order valence-electron chi connectivity index (χ1n) is 7.44. The Kier molecular flexibility index (Phi) is 4.49. The molecule has 2 aromatic rings. The molecule has 0 unspecified atom stereocenters. The van der Waals surface area contributed by atoms with Crippen molar-refractivity contribution in [3.05, 3.63) is 63.6 Å². The van der Waals surface area contributed by atoms with Crippen LogP contribution in [0.15, 0.2) is 46.9 Å². The summed E-state index contributed by atoms with van der Waals surface area (Å²) in [6.45, 7) is 1.58. The molecule has 1 aliphatic rings. The van der Waals surface area contributed by atoms with Gasteiger partial charge in [-0.25, -0.2) is 0 Å². The lowest BCUT2D eigenvalue weighted by Crippen LogP contribution is -2.46. The Morgan fingerprint density at radius 3 is 2.71 bits per heavy atom. The zero-order valence-electron chi connectivity index (χ0n) is 13.0. The van der Waals surface area contributed by atoms with E-state index in [0.29, 0.717) is 16.8 Å². The Labute approximate surface area is 147 Å². The van der Waals surface area contributed by atoms with E-state index in [1.165, 1.54) is 0 Å². The van der Waals surface area contributed by atoms with Gasteiger partial charge in [-0.3, -0.25) is 19.3 Å². The first kappa shape index (κ1) is 16.4. The van der Waals surface area contributed by atoms with Crippen molar-refractivity contribution in [2.24, 2.45) is 0 Å². The monoisotopic (exact) mass is 386 g/mol. The molecule has 5 nitrogen and oxygen atoms in total. The number of hydrogen-bond acceptors (Lipinski definition) is 3. The van der Waals surface area contributed by atoms with Gasteiger partial charge in [0, 0.05) is 15.7 Å². The molecule has 2 aromatic carbocycles. The average molecular weight is 387 g/mol. The number of amides is 3. The largest absolute Gasteiger partial charge is 0.324 e. The lowest BCUT2D eigenvalue weighted by molar-refractivity contribution is -0.131. The number of carbonyl (C=O) groups is 3. The van der Waals surface area contributed by atoms with Crippen molar-refractivity contribution in [2.75, 3.05) is 11.9 Å². The zero-order chi connectivity index (χ0) is 17.3. The SMILES string of the molecule is Cc1cc(Br)ccc1NC(=O)CN1C(=O)Cc2ccccc2C1=O. The topological polar surface area (TPSA) is 66.5 Å². The van der Waals surface area contributed by atoms with Crippen LogP contribution >= 0.6 is 15.9 Å². The molecule has 0 spiro atoms. The normalized spacial score (nSPS) is 13.7. The Morgan fingerprint density at radius 2 is 1.96 bits per heavy atom. The summed E-state index contributed by atoms with van der Waals surface area (Å²) in [4.78, 5) is 37.9. The fourth-order valence-electron chi connectivity index (χ4n) is 2.66. The molecule has 0 bridgehead atoms. The third kappa shape index (κ3) is 3.23. The molecule has 0 radical (unpaired) electrons. The molecule has 0 fully saturated rings.